The van der Waals surface area contributed by atoms with Crippen LogP contribution in [-0.4, -0.2) is 11.9 Å². The van der Waals surface area contributed by atoms with Gasteiger partial charge in [0.05, 0.1) is 0 Å². The van der Waals surface area contributed by atoms with Crippen LogP contribution in [0.4, 0.5) is 5.69 Å². The molecule has 6 nitrogen and oxygen atoms in total. The number of carbonyl (C=O) groups is 2. The van der Waals surface area contributed by atoms with Crippen LogP contribution in [0.5, 0.6) is 0 Å². The molecule has 2 aromatic rings. The van der Waals surface area contributed by atoms with Gasteiger partial charge in [-0.1, -0.05) is 6.42 Å². The minimum Gasteiger partial charge on any atom is -0.461 e. The lowest BCUT2D eigenvalue weighted by molar-refractivity contribution is -0.146. The van der Waals surface area contributed by atoms with Crippen LogP contribution >= 0.6 is 0 Å². The highest BCUT2D eigenvalue weighted by atomic mass is 16.5. The highest BCUT2D eigenvalue weighted by Crippen LogP contribution is 2.49. The molecule has 2 fully saturated rings. The van der Waals surface area contributed by atoms with Crippen LogP contribution in [0.15, 0.2) is 33.5 Å². The second kappa shape index (κ2) is 7.18. The second-order valence-corrected chi connectivity index (χ2v) is 7.78. The summed E-state index contributed by atoms with van der Waals surface area (Å²) in [6, 6.07) is 6.43. The van der Waals surface area contributed by atoms with Crippen molar-refractivity contribution < 1.29 is 18.7 Å². The fraction of sp³-hybridized carbons (Fsp3) is 0.476. The van der Waals surface area contributed by atoms with Gasteiger partial charge in [0, 0.05) is 42.1 Å². The maximum atomic E-state index is 12.3. The fourth-order valence-corrected chi connectivity index (χ4v) is 4.69. The van der Waals surface area contributed by atoms with Crippen molar-refractivity contribution in [3.8, 4) is 0 Å². The number of hydrogen-bond acceptors (Lipinski definition) is 5. The van der Waals surface area contributed by atoms with Crippen molar-refractivity contribution in [2.24, 2.45) is 17.8 Å². The predicted molar refractivity (Wildman–Crippen MR) is 100 cm³/mol. The minimum atomic E-state index is -0.512. The van der Waals surface area contributed by atoms with Crippen molar-refractivity contribution in [3.63, 3.8) is 0 Å². The first-order valence-electron chi connectivity index (χ1n) is 9.48. The molecule has 3 atom stereocenters. The molecule has 0 saturated heterocycles. The molecule has 27 heavy (non-hydrogen) atoms. The summed E-state index contributed by atoms with van der Waals surface area (Å²) in [5.74, 6) is 1.52. The summed E-state index contributed by atoms with van der Waals surface area (Å²) in [6.07, 6.45) is 5.42. The third kappa shape index (κ3) is 3.89. The molecule has 0 radical (unpaired) electrons. The third-order valence-corrected chi connectivity index (χ3v) is 5.85. The quantitative estimate of drug-likeness (QED) is 0.643. The number of fused-ring (bicyclic) bond motifs is 3. The first-order valence-corrected chi connectivity index (χ1v) is 9.48. The molecule has 1 aromatic carbocycles. The Bertz CT molecular complexity index is 947. The van der Waals surface area contributed by atoms with E-state index in [9.17, 15) is 14.4 Å². The van der Waals surface area contributed by atoms with Gasteiger partial charge in [-0.15, -0.1) is 0 Å². The molecule has 1 heterocycles. The molecule has 6 heteroatoms. The van der Waals surface area contributed by atoms with Crippen LogP contribution in [-0.2, 0) is 20.9 Å². The molecule has 0 unspecified atom stereocenters. The fourth-order valence-electron chi connectivity index (χ4n) is 4.69. The first kappa shape index (κ1) is 17.8. The van der Waals surface area contributed by atoms with Crippen LogP contribution in [0.2, 0.25) is 0 Å². The molecule has 2 bridgehead atoms. The molecule has 2 aliphatic rings. The number of carbonyl (C=O) groups excluding carboxylic acids is 2. The van der Waals surface area contributed by atoms with E-state index in [0.717, 1.165) is 12.3 Å². The molecular weight excluding hydrogens is 346 g/mol. The lowest BCUT2D eigenvalue weighted by Crippen LogP contribution is -2.17. The summed E-state index contributed by atoms with van der Waals surface area (Å²) in [5, 5.41) is 3.34. The minimum absolute atomic E-state index is 0.0429. The summed E-state index contributed by atoms with van der Waals surface area (Å²) in [7, 11) is 0. The van der Waals surface area contributed by atoms with Gasteiger partial charge in [-0.3, -0.25) is 9.59 Å². The van der Waals surface area contributed by atoms with Crippen LogP contribution in [0.1, 0.15) is 44.6 Å². The van der Waals surface area contributed by atoms with Crippen molar-refractivity contribution in [2.45, 2.75) is 45.6 Å². The van der Waals surface area contributed by atoms with Crippen molar-refractivity contribution in [1.29, 1.82) is 0 Å². The van der Waals surface area contributed by atoms with Gasteiger partial charge in [0.2, 0.25) is 5.91 Å². The van der Waals surface area contributed by atoms with E-state index in [1.165, 1.54) is 32.3 Å². The lowest BCUT2D eigenvalue weighted by atomic mass is 9.86. The molecule has 1 amide bonds. The number of ether oxygens (including phenoxy) is 1. The van der Waals surface area contributed by atoms with Gasteiger partial charge >= 0.3 is 11.6 Å². The van der Waals surface area contributed by atoms with E-state index in [0.29, 0.717) is 40.5 Å². The zero-order valence-corrected chi connectivity index (χ0v) is 15.3. The van der Waals surface area contributed by atoms with E-state index < -0.39 is 5.63 Å². The van der Waals surface area contributed by atoms with Crippen molar-refractivity contribution >= 4 is 28.5 Å². The smallest absolute Gasteiger partial charge is 0.336 e. The van der Waals surface area contributed by atoms with Gasteiger partial charge in [-0.25, -0.2) is 4.79 Å². The van der Waals surface area contributed by atoms with Crippen LogP contribution in [0, 0.1) is 17.8 Å². The number of anilines is 1. The molecule has 0 aliphatic heterocycles. The number of rotatable bonds is 5. The Labute approximate surface area is 156 Å². The zero-order chi connectivity index (χ0) is 19.0. The summed E-state index contributed by atoms with van der Waals surface area (Å²) >= 11 is 0. The summed E-state index contributed by atoms with van der Waals surface area (Å²) in [4.78, 5) is 35.3. The van der Waals surface area contributed by atoms with Gasteiger partial charge in [-0.05, 0) is 49.1 Å². The molecule has 1 N–H and O–H groups in total. The number of hydrogen-bond donors (Lipinski definition) is 1. The summed E-state index contributed by atoms with van der Waals surface area (Å²) < 4.78 is 10.7. The molecule has 0 spiro atoms. The molecule has 2 saturated carbocycles. The highest BCUT2D eigenvalue weighted by Gasteiger charge is 2.40. The maximum Gasteiger partial charge on any atom is 0.336 e. The normalized spacial score (nSPS) is 23.5. The number of amides is 1. The number of nitrogens with one attached hydrogen (secondary N) is 1. The zero-order valence-electron chi connectivity index (χ0n) is 15.3. The van der Waals surface area contributed by atoms with Crippen molar-refractivity contribution in [3.05, 3.63) is 40.2 Å². The second-order valence-electron chi connectivity index (χ2n) is 7.78. The Morgan fingerprint density at radius 3 is 2.78 bits per heavy atom. The predicted octanol–water partition coefficient (Wildman–Crippen LogP) is 3.62. The molecule has 1 aromatic heterocycles. The van der Waals surface area contributed by atoms with Crippen LogP contribution in [0.3, 0.4) is 0 Å². The highest BCUT2D eigenvalue weighted by molar-refractivity contribution is 5.92. The molecule has 4 rings (SSSR count). The molecule has 2 aliphatic carbocycles. The number of benzene rings is 1. The van der Waals surface area contributed by atoms with Crippen molar-refractivity contribution in [2.75, 3.05) is 5.32 Å². The Morgan fingerprint density at radius 2 is 2.07 bits per heavy atom. The maximum absolute atomic E-state index is 12.3. The van der Waals surface area contributed by atoms with Crippen LogP contribution < -0.4 is 10.9 Å². The van der Waals surface area contributed by atoms with E-state index in [-0.39, 0.29) is 18.5 Å². The average molecular weight is 369 g/mol. The first-order chi connectivity index (χ1) is 13.0. The van der Waals surface area contributed by atoms with E-state index in [4.69, 9.17) is 9.15 Å². The Hall–Kier alpha value is -2.63. The van der Waals surface area contributed by atoms with Gasteiger partial charge in [-0.2, -0.15) is 0 Å². The molecule has 142 valence electrons. The van der Waals surface area contributed by atoms with E-state index in [1.807, 2.05) is 0 Å². The summed E-state index contributed by atoms with van der Waals surface area (Å²) in [6.45, 7) is 1.45. The van der Waals surface area contributed by atoms with E-state index >= 15 is 0 Å². The topological polar surface area (TPSA) is 85.6 Å². The van der Waals surface area contributed by atoms with Gasteiger partial charge in [0.1, 0.15) is 12.2 Å². The van der Waals surface area contributed by atoms with Crippen molar-refractivity contribution in [1.82, 2.24) is 0 Å². The average Bonchev–Trinajstić information content (AvgIpc) is 3.21. The van der Waals surface area contributed by atoms with E-state index in [1.54, 1.807) is 18.2 Å². The van der Waals surface area contributed by atoms with Gasteiger partial charge in [0.25, 0.3) is 0 Å². The van der Waals surface area contributed by atoms with E-state index in [2.05, 4.69) is 5.32 Å². The summed E-state index contributed by atoms with van der Waals surface area (Å²) in [5.41, 5.74) is 0.995. The van der Waals surface area contributed by atoms with Crippen LogP contribution in [0.25, 0.3) is 11.0 Å². The Morgan fingerprint density at radius 1 is 1.22 bits per heavy atom. The van der Waals surface area contributed by atoms with Gasteiger partial charge in [0.15, 0.2) is 0 Å². The standard InChI is InChI=1S/C21H23NO5/c1-12(23)22-17-4-5-18-16(9-21(25)27-19(18)10-17)11-26-20(24)8-15-7-13-2-3-14(15)6-13/h4-5,9-10,13-15H,2-3,6-8,11H2,1H3,(H,22,23)/t13-,14+,15-/m0/s1. The third-order valence-electron chi connectivity index (χ3n) is 5.85. The monoisotopic (exact) mass is 369 g/mol. The van der Waals surface area contributed by atoms with Gasteiger partial charge < -0.3 is 14.5 Å². The number of esters is 1. The SMILES string of the molecule is CC(=O)Nc1ccc2c(COC(=O)C[C@@H]3C[C@H]4CC[C@@H]3C4)cc(=O)oc2c1. The lowest BCUT2D eigenvalue weighted by Gasteiger charge is -2.20. The Balaban J connectivity index is 1.45. The Kier molecular flexibility index (Phi) is 4.72. The molecular formula is C21H23NO5. The largest absolute Gasteiger partial charge is 0.461 e.